The van der Waals surface area contributed by atoms with E-state index in [2.05, 4.69) is 27.0 Å². The first-order valence-corrected chi connectivity index (χ1v) is 5.11. The van der Waals surface area contributed by atoms with Gasteiger partial charge in [0, 0.05) is 19.7 Å². The Hall–Kier alpha value is -0.940. The molecule has 0 aromatic carbocycles. The largest absolute Gasteiger partial charge is 0.373 e. The molecule has 1 aliphatic heterocycles. The van der Waals surface area contributed by atoms with Gasteiger partial charge in [0.25, 0.3) is 0 Å². The van der Waals surface area contributed by atoms with Crippen LogP contribution >= 0.6 is 0 Å². The normalized spacial score (nSPS) is 15.5. The molecule has 5 nitrogen and oxygen atoms in total. The molecule has 1 aromatic heterocycles. The molecule has 1 N–H and O–H groups in total. The fraction of sp³-hybridized carbons (Fsp3) is 0.778. The number of aromatic nitrogens is 3. The highest BCUT2D eigenvalue weighted by Gasteiger charge is 2.14. The summed E-state index contributed by atoms with van der Waals surface area (Å²) < 4.78 is 7.59. The number of ether oxygens (including phenoxy) is 1. The number of hydrogen-bond donors (Lipinski definition) is 1. The van der Waals surface area contributed by atoms with Crippen LogP contribution in [0.2, 0.25) is 0 Å². The molecule has 5 heteroatoms. The molecule has 2 heterocycles. The molecular formula is C9H16N4O. The fourth-order valence-electron chi connectivity index (χ4n) is 1.57. The van der Waals surface area contributed by atoms with Crippen molar-refractivity contribution in [2.75, 3.05) is 13.2 Å². The zero-order chi connectivity index (χ0) is 9.80. The smallest absolute Gasteiger partial charge is 0.159 e. The predicted octanol–water partition coefficient (Wildman–Crippen LogP) is 0.308. The summed E-state index contributed by atoms with van der Waals surface area (Å²) >= 11 is 0. The van der Waals surface area contributed by atoms with Gasteiger partial charge in [0.2, 0.25) is 0 Å². The summed E-state index contributed by atoms with van der Waals surface area (Å²) in [5.41, 5.74) is 0. The van der Waals surface area contributed by atoms with Gasteiger partial charge in [-0.1, -0.05) is 6.92 Å². The highest BCUT2D eigenvalue weighted by atomic mass is 16.5. The molecule has 78 valence electrons. The molecule has 2 rings (SSSR count). The van der Waals surface area contributed by atoms with Crippen LogP contribution in [0.25, 0.3) is 0 Å². The molecule has 0 atom stereocenters. The van der Waals surface area contributed by atoms with E-state index in [0.717, 1.165) is 44.3 Å². The van der Waals surface area contributed by atoms with Gasteiger partial charge in [0.15, 0.2) is 5.82 Å². The molecule has 0 aliphatic carbocycles. The number of fused-ring (bicyclic) bond motifs is 1. The van der Waals surface area contributed by atoms with Gasteiger partial charge >= 0.3 is 0 Å². The molecule has 0 radical (unpaired) electrons. The second-order valence-corrected chi connectivity index (χ2v) is 3.41. The second-order valence-electron chi connectivity index (χ2n) is 3.41. The van der Waals surface area contributed by atoms with Gasteiger partial charge in [0.05, 0.1) is 6.54 Å². The third kappa shape index (κ3) is 1.93. The third-order valence-corrected chi connectivity index (χ3v) is 2.28. The Morgan fingerprint density at radius 2 is 2.43 bits per heavy atom. The SMILES string of the molecule is CCCOCc1nnc2n1CCNC2. The average molecular weight is 196 g/mol. The first kappa shape index (κ1) is 9.61. The van der Waals surface area contributed by atoms with Crippen LogP contribution in [0.3, 0.4) is 0 Å². The van der Waals surface area contributed by atoms with Gasteiger partial charge in [-0.05, 0) is 6.42 Å². The van der Waals surface area contributed by atoms with Crippen LogP contribution in [-0.2, 0) is 24.4 Å². The van der Waals surface area contributed by atoms with Crippen molar-refractivity contribution in [1.82, 2.24) is 20.1 Å². The van der Waals surface area contributed by atoms with Gasteiger partial charge in [-0.15, -0.1) is 10.2 Å². The molecule has 1 aromatic rings. The van der Waals surface area contributed by atoms with Gasteiger partial charge in [0.1, 0.15) is 12.4 Å². The van der Waals surface area contributed by atoms with E-state index in [4.69, 9.17) is 4.74 Å². The summed E-state index contributed by atoms with van der Waals surface area (Å²) in [6, 6.07) is 0. The van der Waals surface area contributed by atoms with E-state index >= 15 is 0 Å². The van der Waals surface area contributed by atoms with Gasteiger partial charge < -0.3 is 14.6 Å². The van der Waals surface area contributed by atoms with Crippen molar-refractivity contribution in [3.63, 3.8) is 0 Å². The van der Waals surface area contributed by atoms with Crippen LogP contribution in [0.4, 0.5) is 0 Å². The van der Waals surface area contributed by atoms with Crippen molar-refractivity contribution in [1.29, 1.82) is 0 Å². The minimum absolute atomic E-state index is 0.584. The third-order valence-electron chi connectivity index (χ3n) is 2.28. The quantitative estimate of drug-likeness (QED) is 0.704. The summed E-state index contributed by atoms with van der Waals surface area (Å²) in [4.78, 5) is 0. The van der Waals surface area contributed by atoms with E-state index < -0.39 is 0 Å². The number of nitrogens with one attached hydrogen (secondary N) is 1. The maximum atomic E-state index is 5.45. The van der Waals surface area contributed by atoms with Crippen molar-refractivity contribution in [3.05, 3.63) is 11.6 Å². The molecule has 0 fully saturated rings. The number of hydrogen-bond acceptors (Lipinski definition) is 4. The molecule has 0 saturated heterocycles. The highest BCUT2D eigenvalue weighted by molar-refractivity contribution is 4.97. The number of rotatable bonds is 4. The maximum Gasteiger partial charge on any atom is 0.159 e. The van der Waals surface area contributed by atoms with Crippen molar-refractivity contribution in [2.45, 2.75) is 33.0 Å². The van der Waals surface area contributed by atoms with Crippen molar-refractivity contribution >= 4 is 0 Å². The molecule has 0 spiro atoms. The lowest BCUT2D eigenvalue weighted by Crippen LogP contribution is -2.29. The molecule has 0 saturated carbocycles. The molecule has 0 amide bonds. The van der Waals surface area contributed by atoms with Crippen molar-refractivity contribution in [2.24, 2.45) is 0 Å². The first-order chi connectivity index (χ1) is 6.92. The van der Waals surface area contributed by atoms with E-state index in [1.54, 1.807) is 0 Å². The van der Waals surface area contributed by atoms with E-state index in [9.17, 15) is 0 Å². The monoisotopic (exact) mass is 196 g/mol. The summed E-state index contributed by atoms with van der Waals surface area (Å²) in [5, 5.41) is 11.5. The van der Waals surface area contributed by atoms with Crippen LogP contribution in [0.1, 0.15) is 25.0 Å². The van der Waals surface area contributed by atoms with Crippen molar-refractivity contribution in [3.8, 4) is 0 Å². The lowest BCUT2D eigenvalue weighted by Gasteiger charge is -2.15. The molecule has 0 unspecified atom stereocenters. The van der Waals surface area contributed by atoms with E-state index in [1.807, 2.05) is 0 Å². The minimum Gasteiger partial charge on any atom is -0.373 e. The molecule has 1 aliphatic rings. The Labute approximate surface area is 83.5 Å². The van der Waals surface area contributed by atoms with E-state index in [-0.39, 0.29) is 0 Å². The zero-order valence-electron chi connectivity index (χ0n) is 8.49. The minimum atomic E-state index is 0.584. The second kappa shape index (κ2) is 4.52. The Kier molecular flexibility index (Phi) is 3.10. The molecule has 0 bridgehead atoms. The Balaban J connectivity index is 1.99. The number of nitrogens with zero attached hydrogens (tertiary/aromatic N) is 3. The van der Waals surface area contributed by atoms with Crippen LogP contribution in [-0.4, -0.2) is 27.9 Å². The average Bonchev–Trinajstić information content (AvgIpc) is 2.63. The summed E-state index contributed by atoms with van der Waals surface area (Å²) in [6.45, 7) is 6.24. The standard InChI is InChI=1S/C9H16N4O/c1-2-5-14-7-9-12-11-8-6-10-3-4-13(8)9/h10H,2-7H2,1H3. The lowest BCUT2D eigenvalue weighted by molar-refractivity contribution is 0.113. The Morgan fingerprint density at radius 3 is 3.29 bits per heavy atom. The zero-order valence-corrected chi connectivity index (χ0v) is 8.49. The fourth-order valence-corrected chi connectivity index (χ4v) is 1.57. The summed E-state index contributed by atoms with van der Waals surface area (Å²) in [6.07, 6.45) is 1.04. The van der Waals surface area contributed by atoms with E-state index in [0.29, 0.717) is 6.61 Å². The van der Waals surface area contributed by atoms with Crippen LogP contribution in [0.5, 0.6) is 0 Å². The van der Waals surface area contributed by atoms with Crippen LogP contribution in [0, 0.1) is 0 Å². The Bertz CT molecular complexity index is 297. The first-order valence-electron chi connectivity index (χ1n) is 5.11. The van der Waals surface area contributed by atoms with Crippen LogP contribution in [0.15, 0.2) is 0 Å². The topological polar surface area (TPSA) is 52.0 Å². The predicted molar refractivity (Wildman–Crippen MR) is 51.7 cm³/mol. The van der Waals surface area contributed by atoms with Crippen LogP contribution < -0.4 is 5.32 Å². The van der Waals surface area contributed by atoms with E-state index in [1.165, 1.54) is 0 Å². The summed E-state index contributed by atoms with van der Waals surface area (Å²) in [7, 11) is 0. The molecule has 14 heavy (non-hydrogen) atoms. The summed E-state index contributed by atoms with van der Waals surface area (Å²) in [5.74, 6) is 1.97. The highest BCUT2D eigenvalue weighted by Crippen LogP contribution is 2.06. The Morgan fingerprint density at radius 1 is 1.50 bits per heavy atom. The van der Waals surface area contributed by atoms with Crippen molar-refractivity contribution < 1.29 is 4.74 Å². The molecular weight excluding hydrogens is 180 g/mol. The van der Waals surface area contributed by atoms with Gasteiger partial charge in [-0.2, -0.15) is 0 Å². The maximum absolute atomic E-state index is 5.45. The lowest BCUT2D eigenvalue weighted by atomic mass is 10.4. The van der Waals surface area contributed by atoms with Gasteiger partial charge in [-0.3, -0.25) is 0 Å². The van der Waals surface area contributed by atoms with Gasteiger partial charge in [-0.25, -0.2) is 0 Å².